The predicted octanol–water partition coefficient (Wildman–Crippen LogP) is 0.212. The molecular weight excluding hydrogens is 138 g/mol. The smallest absolute Gasteiger partial charge is 0.288 e. The number of nitrogens with one attached hydrogen (secondary N) is 1. The van der Waals surface area contributed by atoms with Crippen molar-refractivity contribution in [3.8, 4) is 0 Å². The summed E-state index contributed by atoms with van der Waals surface area (Å²) in [6.07, 6.45) is 5.86. The molecule has 0 radical (unpaired) electrons. The number of H-pyrrole nitrogens is 1. The number of pyridine rings is 1. The lowest BCUT2D eigenvalue weighted by Gasteiger charge is -1.91. The Balaban J connectivity index is 2.79. The lowest BCUT2D eigenvalue weighted by molar-refractivity contribution is -0.510. The summed E-state index contributed by atoms with van der Waals surface area (Å²) in [4.78, 5) is 3.12. The largest absolute Gasteiger partial charge is 0.326 e. The SMILES string of the molecule is NCc1ccc[n+]2cc[nH]c12. The van der Waals surface area contributed by atoms with E-state index in [0.717, 1.165) is 11.2 Å². The highest BCUT2D eigenvalue weighted by Crippen LogP contribution is 2.00. The van der Waals surface area contributed by atoms with Crippen molar-refractivity contribution in [1.82, 2.24) is 4.98 Å². The molecule has 0 atom stereocenters. The second-order valence-electron chi connectivity index (χ2n) is 2.45. The number of aromatic amines is 1. The molecular formula is C8H10N3+. The highest BCUT2D eigenvalue weighted by molar-refractivity contribution is 5.39. The van der Waals surface area contributed by atoms with Crippen LogP contribution in [0.1, 0.15) is 5.56 Å². The molecule has 3 N–H and O–H groups in total. The predicted molar refractivity (Wildman–Crippen MR) is 41.8 cm³/mol. The molecule has 2 heterocycles. The van der Waals surface area contributed by atoms with Gasteiger partial charge in [0.05, 0.1) is 11.8 Å². The van der Waals surface area contributed by atoms with E-state index in [1.807, 2.05) is 35.1 Å². The monoisotopic (exact) mass is 148 g/mol. The van der Waals surface area contributed by atoms with Crippen LogP contribution >= 0.6 is 0 Å². The number of aromatic nitrogens is 2. The van der Waals surface area contributed by atoms with Crippen LogP contribution in [0.15, 0.2) is 30.7 Å². The molecule has 0 bridgehead atoms. The Morgan fingerprint density at radius 1 is 1.45 bits per heavy atom. The van der Waals surface area contributed by atoms with E-state index in [9.17, 15) is 0 Å². The van der Waals surface area contributed by atoms with E-state index >= 15 is 0 Å². The van der Waals surface area contributed by atoms with Gasteiger partial charge in [0, 0.05) is 6.54 Å². The molecule has 3 heteroatoms. The molecule has 0 aliphatic heterocycles. The van der Waals surface area contributed by atoms with Crippen molar-refractivity contribution in [2.24, 2.45) is 5.73 Å². The molecule has 2 aromatic rings. The minimum Gasteiger partial charge on any atom is -0.326 e. The summed E-state index contributed by atoms with van der Waals surface area (Å²) in [5.41, 5.74) is 7.76. The van der Waals surface area contributed by atoms with Gasteiger partial charge in [-0.25, -0.2) is 9.38 Å². The quantitative estimate of drug-likeness (QED) is 0.558. The van der Waals surface area contributed by atoms with Gasteiger partial charge >= 0.3 is 0 Å². The highest BCUT2D eigenvalue weighted by Gasteiger charge is 2.04. The first kappa shape index (κ1) is 6.37. The number of rotatable bonds is 1. The fraction of sp³-hybridized carbons (Fsp3) is 0.125. The summed E-state index contributed by atoms with van der Waals surface area (Å²) >= 11 is 0. The number of fused-ring (bicyclic) bond motifs is 1. The Morgan fingerprint density at radius 3 is 3.18 bits per heavy atom. The molecule has 56 valence electrons. The van der Waals surface area contributed by atoms with Gasteiger partial charge in [-0.1, -0.05) is 0 Å². The van der Waals surface area contributed by atoms with E-state index in [0.29, 0.717) is 6.54 Å². The first-order chi connectivity index (χ1) is 5.42. The number of hydrogen-bond donors (Lipinski definition) is 2. The summed E-state index contributed by atoms with van der Waals surface area (Å²) in [7, 11) is 0. The molecule has 11 heavy (non-hydrogen) atoms. The van der Waals surface area contributed by atoms with Gasteiger partial charge < -0.3 is 5.73 Å². The lowest BCUT2D eigenvalue weighted by atomic mass is 10.3. The number of hydrogen-bond acceptors (Lipinski definition) is 1. The summed E-state index contributed by atoms with van der Waals surface area (Å²) in [5.74, 6) is 0. The normalized spacial score (nSPS) is 10.6. The van der Waals surface area contributed by atoms with Crippen molar-refractivity contribution in [3.63, 3.8) is 0 Å². The van der Waals surface area contributed by atoms with Gasteiger partial charge in [-0.15, -0.1) is 0 Å². The van der Waals surface area contributed by atoms with Gasteiger partial charge in [0.15, 0.2) is 0 Å². The summed E-state index contributed by atoms with van der Waals surface area (Å²) in [6.45, 7) is 0.574. The Morgan fingerprint density at radius 2 is 2.36 bits per heavy atom. The zero-order chi connectivity index (χ0) is 7.68. The number of imidazole rings is 1. The first-order valence-electron chi connectivity index (χ1n) is 3.58. The third-order valence-electron chi connectivity index (χ3n) is 1.78. The Labute approximate surface area is 64.5 Å². The van der Waals surface area contributed by atoms with Crippen LogP contribution in [0.5, 0.6) is 0 Å². The molecule has 0 fully saturated rings. The van der Waals surface area contributed by atoms with E-state index in [2.05, 4.69) is 4.98 Å². The average Bonchev–Trinajstić information content (AvgIpc) is 2.50. The van der Waals surface area contributed by atoms with Crippen LogP contribution in [-0.2, 0) is 6.54 Å². The topological polar surface area (TPSA) is 45.9 Å². The summed E-state index contributed by atoms with van der Waals surface area (Å²) in [6, 6.07) is 4.01. The van der Waals surface area contributed by atoms with Crippen LogP contribution < -0.4 is 10.1 Å². The lowest BCUT2D eigenvalue weighted by Crippen LogP contribution is -2.19. The molecule has 0 unspecified atom stereocenters. The van der Waals surface area contributed by atoms with Crippen molar-refractivity contribution in [1.29, 1.82) is 0 Å². The molecule has 0 aliphatic rings. The maximum Gasteiger partial charge on any atom is 0.288 e. The van der Waals surface area contributed by atoms with Gasteiger partial charge in [-0.3, -0.25) is 0 Å². The van der Waals surface area contributed by atoms with E-state index in [-0.39, 0.29) is 0 Å². The van der Waals surface area contributed by atoms with E-state index in [1.54, 1.807) is 0 Å². The van der Waals surface area contributed by atoms with Crippen LogP contribution in [0.25, 0.3) is 5.65 Å². The average molecular weight is 148 g/mol. The Bertz CT molecular complexity index is 364. The van der Waals surface area contributed by atoms with Gasteiger partial charge in [-0.05, 0) is 12.1 Å². The van der Waals surface area contributed by atoms with Crippen molar-refractivity contribution in [2.75, 3.05) is 0 Å². The van der Waals surface area contributed by atoms with Crippen LogP contribution in [0.4, 0.5) is 0 Å². The van der Waals surface area contributed by atoms with Crippen molar-refractivity contribution < 1.29 is 4.40 Å². The molecule has 2 rings (SSSR count). The molecule has 0 amide bonds. The second-order valence-corrected chi connectivity index (χ2v) is 2.45. The minimum absolute atomic E-state index is 0.574. The third kappa shape index (κ3) is 0.897. The summed E-state index contributed by atoms with van der Waals surface area (Å²) < 4.78 is 2.02. The van der Waals surface area contributed by atoms with Gasteiger partial charge in [-0.2, -0.15) is 0 Å². The highest BCUT2D eigenvalue weighted by atomic mass is 15.0. The van der Waals surface area contributed by atoms with Crippen LogP contribution in [-0.4, -0.2) is 4.98 Å². The van der Waals surface area contributed by atoms with Gasteiger partial charge in [0.2, 0.25) is 0 Å². The zero-order valence-corrected chi connectivity index (χ0v) is 6.12. The second kappa shape index (κ2) is 2.36. The van der Waals surface area contributed by atoms with Gasteiger partial charge in [0.25, 0.3) is 5.65 Å². The van der Waals surface area contributed by atoms with E-state index in [4.69, 9.17) is 5.73 Å². The molecule has 0 aromatic carbocycles. The van der Waals surface area contributed by atoms with Crippen LogP contribution in [0.3, 0.4) is 0 Å². The number of nitrogens with two attached hydrogens (primary N) is 1. The minimum atomic E-state index is 0.574. The number of nitrogens with zero attached hydrogens (tertiary/aromatic N) is 1. The Kier molecular flexibility index (Phi) is 1.36. The van der Waals surface area contributed by atoms with Crippen LogP contribution in [0.2, 0.25) is 0 Å². The maximum absolute atomic E-state index is 5.54. The standard InChI is InChI=1S/C8H9N3/c9-6-7-2-1-4-11-5-3-10-8(7)11/h1-5H,6,9H2/p+1. The van der Waals surface area contributed by atoms with Crippen molar-refractivity contribution in [2.45, 2.75) is 6.54 Å². The molecule has 0 saturated heterocycles. The fourth-order valence-electron chi connectivity index (χ4n) is 1.22. The first-order valence-corrected chi connectivity index (χ1v) is 3.58. The Hall–Kier alpha value is -1.35. The fourth-order valence-corrected chi connectivity index (χ4v) is 1.22. The van der Waals surface area contributed by atoms with Crippen molar-refractivity contribution in [3.05, 3.63) is 36.3 Å². The van der Waals surface area contributed by atoms with Crippen molar-refractivity contribution >= 4 is 5.65 Å². The van der Waals surface area contributed by atoms with E-state index in [1.165, 1.54) is 0 Å². The van der Waals surface area contributed by atoms with E-state index < -0.39 is 0 Å². The van der Waals surface area contributed by atoms with Gasteiger partial charge in [0.1, 0.15) is 12.4 Å². The molecule has 0 aliphatic carbocycles. The molecule has 3 nitrogen and oxygen atoms in total. The maximum atomic E-state index is 5.54. The molecule has 0 saturated carbocycles. The third-order valence-corrected chi connectivity index (χ3v) is 1.78. The molecule has 2 aromatic heterocycles. The zero-order valence-electron chi connectivity index (χ0n) is 6.12. The van der Waals surface area contributed by atoms with Crippen LogP contribution in [0, 0.1) is 0 Å². The summed E-state index contributed by atoms with van der Waals surface area (Å²) in [5, 5.41) is 0. The molecule has 0 spiro atoms.